The van der Waals surface area contributed by atoms with E-state index < -0.39 is 24.3 Å². The smallest absolute Gasteiger partial charge is 0.309 e. The first-order chi connectivity index (χ1) is 8.59. The van der Waals surface area contributed by atoms with Gasteiger partial charge < -0.3 is 5.32 Å². The lowest BCUT2D eigenvalue weighted by atomic mass is 9.96. The van der Waals surface area contributed by atoms with E-state index >= 15 is 0 Å². The molecule has 0 spiro atoms. The highest BCUT2D eigenvalue weighted by Gasteiger charge is 2.60. The monoisotopic (exact) mass is 325 g/mol. The van der Waals surface area contributed by atoms with Gasteiger partial charge in [0.05, 0.1) is 11.1 Å². The standard InChI is InChI=1S/C10H10ClF6NS/c1-2-18-6(7-5(11)3-4-19-7)8(9(12,13)14)10(15,16)17/h3-4,6,8,18H,2H2,1H3. The average molecular weight is 326 g/mol. The molecule has 19 heavy (non-hydrogen) atoms. The summed E-state index contributed by atoms with van der Waals surface area (Å²) >= 11 is 6.41. The third kappa shape index (κ3) is 4.00. The number of alkyl halides is 6. The summed E-state index contributed by atoms with van der Waals surface area (Å²) in [4.78, 5) is -0.164. The summed E-state index contributed by atoms with van der Waals surface area (Å²) in [5, 5.41) is 3.48. The van der Waals surface area contributed by atoms with Gasteiger partial charge in [0.1, 0.15) is 0 Å². The van der Waals surface area contributed by atoms with Gasteiger partial charge in [0.2, 0.25) is 0 Å². The number of hydrogen-bond acceptors (Lipinski definition) is 2. The summed E-state index contributed by atoms with van der Waals surface area (Å²) in [6, 6.07) is -0.659. The Kier molecular flexibility index (Phi) is 5.14. The molecule has 1 aromatic heterocycles. The molecule has 0 saturated carbocycles. The fourth-order valence-corrected chi connectivity index (χ4v) is 2.96. The first kappa shape index (κ1) is 16.6. The minimum Gasteiger partial charge on any atom is -0.309 e. The lowest BCUT2D eigenvalue weighted by Crippen LogP contribution is -2.45. The van der Waals surface area contributed by atoms with Crippen LogP contribution < -0.4 is 5.32 Å². The summed E-state index contributed by atoms with van der Waals surface area (Å²) in [5.41, 5.74) is 0. The van der Waals surface area contributed by atoms with E-state index in [2.05, 4.69) is 5.32 Å². The molecule has 110 valence electrons. The van der Waals surface area contributed by atoms with Crippen molar-refractivity contribution in [1.82, 2.24) is 5.32 Å². The van der Waals surface area contributed by atoms with Crippen molar-refractivity contribution in [3.05, 3.63) is 21.3 Å². The number of halogens is 7. The summed E-state index contributed by atoms with van der Waals surface area (Å²) in [5.74, 6) is -3.49. The van der Waals surface area contributed by atoms with Crippen molar-refractivity contribution in [3.63, 3.8) is 0 Å². The molecule has 1 unspecified atom stereocenters. The molecule has 0 amide bonds. The molecule has 0 aliphatic heterocycles. The summed E-state index contributed by atoms with van der Waals surface area (Å²) in [7, 11) is 0. The molecular weight excluding hydrogens is 316 g/mol. The maximum absolute atomic E-state index is 12.7. The van der Waals surface area contributed by atoms with Crippen LogP contribution in [0.25, 0.3) is 0 Å². The van der Waals surface area contributed by atoms with Crippen molar-refractivity contribution < 1.29 is 26.3 Å². The fraction of sp³-hybridized carbons (Fsp3) is 0.600. The van der Waals surface area contributed by atoms with E-state index in [0.717, 1.165) is 11.3 Å². The Labute approximate surface area is 114 Å². The van der Waals surface area contributed by atoms with Crippen LogP contribution in [0.1, 0.15) is 17.8 Å². The van der Waals surface area contributed by atoms with Crippen LogP contribution in [0.2, 0.25) is 5.02 Å². The van der Waals surface area contributed by atoms with Gasteiger partial charge in [-0.1, -0.05) is 18.5 Å². The van der Waals surface area contributed by atoms with E-state index in [4.69, 9.17) is 11.6 Å². The topological polar surface area (TPSA) is 12.0 Å². The minimum atomic E-state index is -5.40. The highest BCUT2D eigenvalue weighted by Crippen LogP contribution is 2.48. The predicted octanol–water partition coefficient (Wildman–Crippen LogP) is 4.79. The van der Waals surface area contributed by atoms with Crippen LogP contribution in [0, 0.1) is 5.92 Å². The van der Waals surface area contributed by atoms with E-state index in [1.54, 1.807) is 0 Å². The molecule has 0 aliphatic rings. The van der Waals surface area contributed by atoms with Gasteiger partial charge in [0.15, 0.2) is 5.92 Å². The van der Waals surface area contributed by atoms with Crippen molar-refractivity contribution in [2.24, 2.45) is 5.92 Å². The first-order valence-corrected chi connectivity index (χ1v) is 6.44. The van der Waals surface area contributed by atoms with E-state index in [1.807, 2.05) is 0 Å². The Morgan fingerprint density at radius 3 is 2.05 bits per heavy atom. The number of nitrogens with one attached hydrogen (secondary N) is 1. The van der Waals surface area contributed by atoms with Crippen molar-refractivity contribution in [1.29, 1.82) is 0 Å². The molecule has 0 aromatic carbocycles. The summed E-state index contributed by atoms with van der Waals surface area (Å²) < 4.78 is 76.3. The summed E-state index contributed by atoms with van der Waals surface area (Å²) in [6.07, 6.45) is -10.8. The molecule has 0 saturated heterocycles. The van der Waals surface area contributed by atoms with E-state index in [1.165, 1.54) is 18.4 Å². The van der Waals surface area contributed by atoms with Crippen LogP contribution in [-0.2, 0) is 0 Å². The number of thiophene rings is 1. The molecule has 1 nitrogen and oxygen atoms in total. The molecular formula is C10H10ClF6NS. The van der Waals surface area contributed by atoms with Crippen LogP contribution in [0.5, 0.6) is 0 Å². The van der Waals surface area contributed by atoms with Crippen LogP contribution in [0.4, 0.5) is 26.3 Å². The van der Waals surface area contributed by atoms with E-state index in [-0.39, 0.29) is 16.4 Å². The molecule has 1 atom stereocenters. The molecule has 9 heteroatoms. The second-order valence-corrected chi connectivity index (χ2v) is 5.08. The zero-order chi connectivity index (χ0) is 14.8. The average Bonchev–Trinajstić information content (AvgIpc) is 2.59. The molecule has 0 radical (unpaired) electrons. The number of hydrogen-bond donors (Lipinski definition) is 1. The van der Waals surface area contributed by atoms with Gasteiger partial charge in [-0.2, -0.15) is 26.3 Å². The first-order valence-electron chi connectivity index (χ1n) is 5.18. The maximum atomic E-state index is 12.7. The lowest BCUT2D eigenvalue weighted by Gasteiger charge is -2.30. The molecule has 1 N–H and O–H groups in total. The van der Waals surface area contributed by atoms with Crippen LogP contribution in [-0.4, -0.2) is 18.9 Å². The third-order valence-electron chi connectivity index (χ3n) is 2.39. The Balaban J connectivity index is 3.25. The largest absolute Gasteiger partial charge is 0.402 e. The number of rotatable bonds is 4. The molecule has 1 rings (SSSR count). The van der Waals surface area contributed by atoms with Gasteiger partial charge in [-0.05, 0) is 18.0 Å². The molecule has 0 fully saturated rings. The van der Waals surface area contributed by atoms with Gasteiger partial charge in [0.25, 0.3) is 0 Å². The normalized spacial score (nSPS) is 15.0. The highest BCUT2D eigenvalue weighted by molar-refractivity contribution is 7.10. The minimum absolute atomic E-state index is 0.0401. The fourth-order valence-electron chi connectivity index (χ4n) is 1.67. The van der Waals surface area contributed by atoms with Gasteiger partial charge in [-0.15, -0.1) is 11.3 Å². The van der Waals surface area contributed by atoms with Gasteiger partial charge >= 0.3 is 12.4 Å². The second kappa shape index (κ2) is 5.88. The Bertz CT molecular complexity index is 399. The third-order valence-corrected chi connectivity index (χ3v) is 3.83. The Morgan fingerprint density at radius 2 is 1.74 bits per heavy atom. The van der Waals surface area contributed by atoms with Crippen LogP contribution in [0.15, 0.2) is 11.4 Å². The van der Waals surface area contributed by atoms with Gasteiger partial charge in [0, 0.05) is 4.88 Å². The van der Waals surface area contributed by atoms with E-state index in [9.17, 15) is 26.3 Å². The van der Waals surface area contributed by atoms with Crippen molar-refractivity contribution in [2.45, 2.75) is 25.3 Å². The second-order valence-electron chi connectivity index (χ2n) is 3.73. The van der Waals surface area contributed by atoms with Crippen LogP contribution in [0.3, 0.4) is 0 Å². The quantitative estimate of drug-likeness (QED) is 0.785. The lowest BCUT2D eigenvalue weighted by molar-refractivity contribution is -0.292. The van der Waals surface area contributed by atoms with Crippen LogP contribution >= 0.6 is 22.9 Å². The molecule has 0 bridgehead atoms. The Morgan fingerprint density at radius 1 is 1.21 bits per heavy atom. The zero-order valence-electron chi connectivity index (χ0n) is 9.57. The Hall–Kier alpha value is -0.470. The SMILES string of the molecule is CCNC(c1sccc1Cl)C(C(F)(F)F)C(F)(F)F. The predicted molar refractivity (Wildman–Crippen MR) is 61.3 cm³/mol. The molecule has 1 aromatic rings. The highest BCUT2D eigenvalue weighted by atomic mass is 35.5. The van der Waals surface area contributed by atoms with Crippen molar-refractivity contribution in [2.75, 3.05) is 6.54 Å². The molecule has 1 heterocycles. The van der Waals surface area contributed by atoms with Gasteiger partial charge in [-0.25, -0.2) is 0 Å². The maximum Gasteiger partial charge on any atom is 0.402 e. The van der Waals surface area contributed by atoms with Crippen molar-refractivity contribution >= 4 is 22.9 Å². The van der Waals surface area contributed by atoms with Crippen molar-refractivity contribution in [3.8, 4) is 0 Å². The van der Waals surface area contributed by atoms with E-state index in [0.29, 0.717) is 0 Å². The van der Waals surface area contributed by atoms with Gasteiger partial charge in [-0.3, -0.25) is 0 Å². The zero-order valence-corrected chi connectivity index (χ0v) is 11.1. The molecule has 0 aliphatic carbocycles. The summed E-state index contributed by atoms with van der Waals surface area (Å²) in [6.45, 7) is 1.39.